The van der Waals surface area contributed by atoms with E-state index in [9.17, 15) is 31.1 Å². The molecule has 0 unspecified atom stereocenters. The highest BCUT2D eigenvalue weighted by molar-refractivity contribution is 6.06. The Morgan fingerprint density at radius 2 is 1.63 bits per heavy atom. The van der Waals surface area contributed by atoms with Crippen LogP contribution in [0.3, 0.4) is 0 Å². The Hall–Kier alpha value is -4.75. The van der Waals surface area contributed by atoms with Crippen molar-refractivity contribution in [3.63, 3.8) is 0 Å². The van der Waals surface area contributed by atoms with Crippen LogP contribution in [-0.2, 0) is 7.05 Å². The number of aryl methyl sites for hydroxylation is 1. The number of rotatable bonds is 7. The number of nitrogens with one attached hydrogen (secondary N) is 1. The number of carbonyl (C=O) groups is 1. The van der Waals surface area contributed by atoms with Crippen molar-refractivity contribution in [1.82, 2.24) is 14.8 Å². The molecular formula is C24H16F6N4O4. The fraction of sp³-hybridized carbons (Fsp3) is 0.125. The smallest absolute Gasteiger partial charge is 0.457 e. The van der Waals surface area contributed by atoms with Crippen molar-refractivity contribution in [1.29, 1.82) is 0 Å². The van der Waals surface area contributed by atoms with Crippen LogP contribution in [0.4, 0.5) is 32.0 Å². The summed E-state index contributed by atoms with van der Waals surface area (Å²) in [5, 5.41) is 6.45. The third-order valence-corrected chi connectivity index (χ3v) is 4.72. The van der Waals surface area contributed by atoms with Gasteiger partial charge in [-0.1, -0.05) is 6.07 Å². The van der Waals surface area contributed by atoms with Crippen molar-refractivity contribution < 1.29 is 45.3 Å². The Morgan fingerprint density at radius 1 is 0.895 bits per heavy atom. The molecule has 0 saturated carbocycles. The van der Waals surface area contributed by atoms with Crippen molar-refractivity contribution in [3.8, 4) is 34.3 Å². The molecule has 4 aromatic rings. The van der Waals surface area contributed by atoms with E-state index in [1.165, 1.54) is 24.4 Å². The molecule has 14 heteroatoms. The van der Waals surface area contributed by atoms with E-state index in [4.69, 9.17) is 4.74 Å². The van der Waals surface area contributed by atoms with Crippen LogP contribution in [0, 0.1) is 0 Å². The minimum atomic E-state index is -5.28. The van der Waals surface area contributed by atoms with Crippen LogP contribution in [0.25, 0.3) is 11.3 Å². The number of hydrogen-bond donors (Lipinski definition) is 1. The number of ether oxygens (including phenoxy) is 3. The summed E-state index contributed by atoms with van der Waals surface area (Å²) in [6, 6.07) is 10.9. The normalized spacial score (nSPS) is 11.7. The Kier molecular flexibility index (Phi) is 7.15. The maximum atomic E-state index is 12.8. The van der Waals surface area contributed by atoms with Gasteiger partial charge in [0.05, 0.1) is 17.5 Å². The quantitative estimate of drug-likeness (QED) is 0.277. The molecule has 1 N–H and O–H groups in total. The van der Waals surface area contributed by atoms with Gasteiger partial charge >= 0.3 is 12.7 Å². The highest BCUT2D eigenvalue weighted by Gasteiger charge is 2.35. The predicted octanol–water partition coefficient (Wildman–Crippen LogP) is 6.32. The highest BCUT2D eigenvalue weighted by Crippen LogP contribution is 2.33. The van der Waals surface area contributed by atoms with Crippen molar-refractivity contribution >= 4 is 11.6 Å². The van der Waals surface area contributed by atoms with Crippen molar-refractivity contribution in [2.75, 3.05) is 5.32 Å². The monoisotopic (exact) mass is 538 g/mol. The Bertz CT molecular complexity index is 1450. The lowest BCUT2D eigenvalue weighted by atomic mass is 10.1. The summed E-state index contributed by atoms with van der Waals surface area (Å²) in [7, 11) is 1.76. The first-order chi connectivity index (χ1) is 17.8. The van der Waals surface area contributed by atoms with E-state index in [1.807, 2.05) is 0 Å². The van der Waals surface area contributed by atoms with Gasteiger partial charge in [-0.25, -0.2) is 0 Å². The molecule has 0 saturated heterocycles. The topological polar surface area (TPSA) is 87.5 Å². The standard InChI is InChI=1S/C24H16F6N4O4/c1-34-13-14(12-32-34)20-10-17(7-8-31-20)36-16-4-2-3-15(9-16)33-22(35)19-6-5-18(37-23(25,26)27)11-21(19)38-24(28,29)30/h2-13H,1H3,(H,33,35). The molecule has 0 atom stereocenters. The van der Waals surface area contributed by atoms with Gasteiger partial charge in [-0.2, -0.15) is 5.10 Å². The second-order valence-electron chi connectivity index (χ2n) is 7.62. The van der Waals surface area contributed by atoms with Crippen LogP contribution in [0.2, 0.25) is 0 Å². The fourth-order valence-electron chi connectivity index (χ4n) is 3.25. The second kappa shape index (κ2) is 10.3. The van der Waals surface area contributed by atoms with E-state index in [2.05, 4.69) is 24.9 Å². The average Bonchev–Trinajstić information content (AvgIpc) is 3.24. The van der Waals surface area contributed by atoms with E-state index in [1.54, 1.807) is 42.3 Å². The molecule has 4 rings (SSSR count). The van der Waals surface area contributed by atoms with Crippen molar-refractivity contribution in [3.05, 3.63) is 78.8 Å². The molecule has 1 amide bonds. The number of aromatic nitrogens is 3. The molecule has 0 aliphatic heterocycles. The summed E-state index contributed by atoms with van der Waals surface area (Å²) in [5.41, 5.74) is 0.790. The van der Waals surface area contributed by atoms with Gasteiger partial charge < -0.3 is 19.5 Å². The number of anilines is 1. The van der Waals surface area contributed by atoms with Gasteiger partial charge in [0, 0.05) is 48.9 Å². The number of pyridine rings is 1. The number of carbonyl (C=O) groups excluding carboxylic acids is 1. The number of hydrogen-bond acceptors (Lipinski definition) is 6. The van der Waals surface area contributed by atoms with Crippen LogP contribution in [0.15, 0.2) is 73.2 Å². The zero-order chi connectivity index (χ0) is 27.5. The van der Waals surface area contributed by atoms with E-state index in [0.717, 1.165) is 11.6 Å². The maximum absolute atomic E-state index is 12.8. The third-order valence-electron chi connectivity index (χ3n) is 4.72. The molecule has 0 fully saturated rings. The Labute approximate surface area is 210 Å². The Morgan fingerprint density at radius 3 is 2.32 bits per heavy atom. The van der Waals surface area contributed by atoms with Crippen LogP contribution in [0.5, 0.6) is 23.0 Å². The predicted molar refractivity (Wildman–Crippen MR) is 121 cm³/mol. The SMILES string of the molecule is Cn1cc(-c2cc(Oc3cccc(NC(=O)c4ccc(OC(F)(F)F)cc4OC(F)(F)F)c3)ccn2)cn1. The maximum Gasteiger partial charge on any atom is 0.573 e. The first-order valence-electron chi connectivity index (χ1n) is 10.5. The summed E-state index contributed by atoms with van der Waals surface area (Å²) < 4.78 is 90.7. The van der Waals surface area contributed by atoms with Gasteiger partial charge in [0.15, 0.2) is 0 Å². The lowest BCUT2D eigenvalue weighted by Gasteiger charge is -2.16. The van der Waals surface area contributed by atoms with Crippen molar-refractivity contribution in [2.45, 2.75) is 12.7 Å². The number of amides is 1. The largest absolute Gasteiger partial charge is 0.573 e. The minimum absolute atomic E-state index is 0.127. The molecule has 0 aliphatic carbocycles. The molecular weight excluding hydrogens is 522 g/mol. The van der Waals surface area contributed by atoms with E-state index in [-0.39, 0.29) is 11.4 Å². The number of benzene rings is 2. The molecule has 2 aromatic carbocycles. The van der Waals surface area contributed by atoms with E-state index >= 15 is 0 Å². The summed E-state index contributed by atoms with van der Waals surface area (Å²) in [6.45, 7) is 0. The van der Waals surface area contributed by atoms with Gasteiger partial charge in [0.2, 0.25) is 0 Å². The van der Waals surface area contributed by atoms with Gasteiger partial charge in [0.25, 0.3) is 5.91 Å². The van der Waals surface area contributed by atoms with Crippen LogP contribution in [-0.4, -0.2) is 33.4 Å². The number of alkyl halides is 6. The zero-order valence-electron chi connectivity index (χ0n) is 19.2. The first kappa shape index (κ1) is 26.3. The molecule has 198 valence electrons. The van der Waals surface area contributed by atoms with Crippen molar-refractivity contribution in [2.24, 2.45) is 7.05 Å². The third kappa shape index (κ3) is 7.15. The van der Waals surface area contributed by atoms with Gasteiger partial charge in [-0.3, -0.25) is 14.5 Å². The van der Waals surface area contributed by atoms with Gasteiger partial charge in [0.1, 0.15) is 23.0 Å². The molecule has 0 radical (unpaired) electrons. The molecule has 2 heterocycles. The molecule has 38 heavy (non-hydrogen) atoms. The van der Waals surface area contributed by atoms with Crippen LogP contribution in [0.1, 0.15) is 10.4 Å². The Balaban J connectivity index is 1.53. The van der Waals surface area contributed by atoms with Crippen LogP contribution >= 0.6 is 0 Å². The fourth-order valence-corrected chi connectivity index (χ4v) is 3.25. The minimum Gasteiger partial charge on any atom is -0.457 e. The lowest BCUT2D eigenvalue weighted by Crippen LogP contribution is -2.22. The molecule has 0 aliphatic rings. The van der Waals surface area contributed by atoms with E-state index in [0.29, 0.717) is 23.6 Å². The first-order valence-corrected chi connectivity index (χ1v) is 10.5. The van der Waals surface area contributed by atoms with Crippen LogP contribution < -0.4 is 19.5 Å². The molecule has 2 aromatic heterocycles. The van der Waals surface area contributed by atoms with E-state index < -0.39 is 35.7 Å². The summed E-state index contributed by atoms with van der Waals surface area (Å²) >= 11 is 0. The number of nitrogens with zero attached hydrogens (tertiary/aromatic N) is 3. The summed E-state index contributed by atoms with van der Waals surface area (Å²) in [4.78, 5) is 17.0. The highest BCUT2D eigenvalue weighted by atomic mass is 19.4. The summed E-state index contributed by atoms with van der Waals surface area (Å²) in [6.07, 6.45) is -5.52. The van der Waals surface area contributed by atoms with Gasteiger partial charge in [-0.05, 0) is 30.3 Å². The summed E-state index contributed by atoms with van der Waals surface area (Å²) in [5.74, 6) is -2.58. The second-order valence-corrected chi connectivity index (χ2v) is 7.62. The molecule has 0 bridgehead atoms. The number of halogens is 6. The average molecular weight is 538 g/mol. The molecule has 8 nitrogen and oxygen atoms in total. The lowest BCUT2D eigenvalue weighted by molar-refractivity contribution is -0.276. The van der Waals surface area contributed by atoms with Gasteiger partial charge in [-0.15, -0.1) is 26.3 Å². The molecule has 0 spiro atoms. The zero-order valence-corrected chi connectivity index (χ0v) is 19.2.